The van der Waals surface area contributed by atoms with Crippen molar-refractivity contribution in [2.75, 3.05) is 0 Å². The molecule has 0 N–H and O–H groups in total. The minimum Gasteiger partial charge on any atom is -0.293 e. The van der Waals surface area contributed by atoms with Crippen molar-refractivity contribution in [3.63, 3.8) is 0 Å². The van der Waals surface area contributed by atoms with E-state index in [-0.39, 0.29) is 5.78 Å². The SMILES string of the molecule is C=C1C=CN=C1C(C)=O. The number of Topliss-reactive ketones (excluding diaryl/α,β-unsaturated/α-hetero) is 1. The molecular formula is C7H7NO. The summed E-state index contributed by atoms with van der Waals surface area (Å²) in [4.78, 5) is 14.4. The second-order valence-corrected chi connectivity index (χ2v) is 1.87. The maximum absolute atomic E-state index is 10.6. The highest BCUT2D eigenvalue weighted by Gasteiger charge is 2.09. The van der Waals surface area contributed by atoms with Gasteiger partial charge in [0, 0.05) is 13.1 Å². The smallest absolute Gasteiger partial charge is 0.178 e. The van der Waals surface area contributed by atoms with Crippen LogP contribution >= 0.6 is 0 Å². The summed E-state index contributed by atoms with van der Waals surface area (Å²) in [7, 11) is 0. The Kier molecular flexibility index (Phi) is 1.30. The predicted octanol–water partition coefficient (Wildman–Crippen LogP) is 1.10. The number of allylic oxidation sites excluding steroid dienone is 2. The zero-order valence-corrected chi connectivity index (χ0v) is 5.22. The van der Waals surface area contributed by atoms with Gasteiger partial charge in [0.05, 0.1) is 0 Å². The third-order valence-electron chi connectivity index (χ3n) is 1.12. The van der Waals surface area contributed by atoms with Gasteiger partial charge < -0.3 is 0 Å². The highest BCUT2D eigenvalue weighted by atomic mass is 16.1. The molecule has 46 valence electrons. The third-order valence-corrected chi connectivity index (χ3v) is 1.12. The van der Waals surface area contributed by atoms with Gasteiger partial charge >= 0.3 is 0 Å². The summed E-state index contributed by atoms with van der Waals surface area (Å²) in [5, 5.41) is 0. The van der Waals surface area contributed by atoms with E-state index in [1.807, 2.05) is 0 Å². The van der Waals surface area contributed by atoms with E-state index < -0.39 is 0 Å². The monoisotopic (exact) mass is 121 g/mol. The molecule has 0 aromatic carbocycles. The molecule has 2 nitrogen and oxygen atoms in total. The summed E-state index contributed by atoms with van der Waals surface area (Å²) in [5.74, 6) is -0.0231. The summed E-state index contributed by atoms with van der Waals surface area (Å²) < 4.78 is 0. The quantitative estimate of drug-likeness (QED) is 0.510. The summed E-state index contributed by atoms with van der Waals surface area (Å²) in [5.41, 5.74) is 1.19. The number of carbonyl (C=O) groups is 1. The van der Waals surface area contributed by atoms with Crippen LogP contribution in [0.5, 0.6) is 0 Å². The molecule has 1 aliphatic rings. The van der Waals surface area contributed by atoms with Gasteiger partial charge in [-0.05, 0) is 11.6 Å². The van der Waals surface area contributed by atoms with Crippen LogP contribution < -0.4 is 0 Å². The van der Waals surface area contributed by atoms with Gasteiger partial charge in [-0.25, -0.2) is 0 Å². The van der Waals surface area contributed by atoms with Crippen molar-refractivity contribution >= 4 is 11.5 Å². The number of hydrogen-bond acceptors (Lipinski definition) is 2. The first kappa shape index (κ1) is 5.95. The number of carbonyl (C=O) groups excluding carboxylic acids is 1. The van der Waals surface area contributed by atoms with E-state index in [9.17, 15) is 4.79 Å². The summed E-state index contributed by atoms with van der Waals surface area (Å²) in [6, 6.07) is 0. The summed E-state index contributed by atoms with van der Waals surface area (Å²) in [6.45, 7) is 5.10. The lowest BCUT2D eigenvalue weighted by Crippen LogP contribution is -2.07. The van der Waals surface area contributed by atoms with Gasteiger partial charge in [-0.15, -0.1) is 0 Å². The molecule has 0 saturated carbocycles. The Bertz CT molecular complexity index is 223. The molecule has 9 heavy (non-hydrogen) atoms. The van der Waals surface area contributed by atoms with E-state index in [0.717, 1.165) is 0 Å². The highest BCUT2D eigenvalue weighted by Crippen LogP contribution is 2.06. The van der Waals surface area contributed by atoms with Crippen molar-refractivity contribution in [1.29, 1.82) is 0 Å². The Labute approximate surface area is 53.6 Å². The summed E-state index contributed by atoms with van der Waals surface area (Å²) in [6.07, 6.45) is 3.30. The molecule has 0 aromatic heterocycles. The number of aliphatic imine (C=N–C) groups is 1. The Morgan fingerprint density at radius 2 is 2.44 bits per heavy atom. The zero-order valence-electron chi connectivity index (χ0n) is 5.22. The molecule has 0 radical (unpaired) electrons. The number of hydrogen-bond donors (Lipinski definition) is 0. The molecular weight excluding hydrogens is 114 g/mol. The normalized spacial score (nSPS) is 16.1. The molecule has 0 bridgehead atoms. The minimum absolute atomic E-state index is 0.0231. The average Bonchev–Trinajstić information content (AvgIpc) is 2.13. The first-order valence-corrected chi connectivity index (χ1v) is 2.66. The van der Waals surface area contributed by atoms with Crippen molar-refractivity contribution in [2.45, 2.75) is 6.92 Å². The lowest BCUT2D eigenvalue weighted by Gasteiger charge is -1.91. The van der Waals surface area contributed by atoms with Crippen LogP contribution in [-0.2, 0) is 4.79 Å². The van der Waals surface area contributed by atoms with Crippen LogP contribution in [0.4, 0.5) is 0 Å². The van der Waals surface area contributed by atoms with Gasteiger partial charge in [0.15, 0.2) is 5.78 Å². The van der Waals surface area contributed by atoms with Crippen molar-refractivity contribution in [3.05, 3.63) is 24.4 Å². The molecule has 0 amide bonds. The van der Waals surface area contributed by atoms with Crippen LogP contribution in [-0.4, -0.2) is 11.5 Å². The standard InChI is InChI=1S/C7H7NO/c1-5-3-4-8-7(5)6(2)9/h3-4H,1H2,2H3. The van der Waals surface area contributed by atoms with Crippen molar-refractivity contribution < 1.29 is 4.79 Å². The molecule has 1 heterocycles. The van der Waals surface area contributed by atoms with Crippen molar-refractivity contribution in [2.24, 2.45) is 4.99 Å². The van der Waals surface area contributed by atoms with Gasteiger partial charge in [-0.1, -0.05) is 6.58 Å². The first-order valence-electron chi connectivity index (χ1n) is 2.66. The van der Waals surface area contributed by atoms with Crippen LogP contribution in [0.2, 0.25) is 0 Å². The Morgan fingerprint density at radius 3 is 2.67 bits per heavy atom. The lowest BCUT2D eigenvalue weighted by atomic mass is 10.1. The second kappa shape index (κ2) is 1.97. The molecule has 0 spiro atoms. The fourth-order valence-corrected chi connectivity index (χ4v) is 0.681. The van der Waals surface area contributed by atoms with E-state index in [1.54, 1.807) is 12.3 Å². The van der Waals surface area contributed by atoms with Crippen LogP contribution in [0.3, 0.4) is 0 Å². The average molecular weight is 121 g/mol. The maximum Gasteiger partial charge on any atom is 0.178 e. The summed E-state index contributed by atoms with van der Waals surface area (Å²) >= 11 is 0. The number of nitrogens with zero attached hydrogens (tertiary/aromatic N) is 1. The largest absolute Gasteiger partial charge is 0.293 e. The Balaban J connectivity index is 2.88. The minimum atomic E-state index is -0.0231. The fourth-order valence-electron chi connectivity index (χ4n) is 0.681. The Hall–Kier alpha value is -1.18. The molecule has 1 rings (SSSR count). The number of ketones is 1. The van der Waals surface area contributed by atoms with E-state index in [2.05, 4.69) is 11.6 Å². The zero-order chi connectivity index (χ0) is 6.85. The highest BCUT2D eigenvalue weighted by molar-refractivity contribution is 6.46. The number of rotatable bonds is 1. The molecule has 1 aliphatic heterocycles. The van der Waals surface area contributed by atoms with Gasteiger partial charge in [0.2, 0.25) is 0 Å². The van der Waals surface area contributed by atoms with Gasteiger partial charge in [-0.2, -0.15) is 0 Å². The van der Waals surface area contributed by atoms with Crippen molar-refractivity contribution in [3.8, 4) is 0 Å². The molecule has 0 saturated heterocycles. The predicted molar refractivity (Wildman–Crippen MR) is 36.4 cm³/mol. The molecule has 0 aliphatic carbocycles. The molecule has 0 atom stereocenters. The van der Waals surface area contributed by atoms with Gasteiger partial charge in [0.1, 0.15) is 5.71 Å². The van der Waals surface area contributed by atoms with Crippen molar-refractivity contribution in [1.82, 2.24) is 0 Å². The third kappa shape index (κ3) is 0.964. The topological polar surface area (TPSA) is 29.4 Å². The van der Waals surface area contributed by atoms with Crippen LogP contribution in [0, 0.1) is 0 Å². The molecule has 0 unspecified atom stereocenters. The van der Waals surface area contributed by atoms with Gasteiger partial charge in [0.25, 0.3) is 0 Å². The van der Waals surface area contributed by atoms with Crippen LogP contribution in [0.25, 0.3) is 0 Å². The Morgan fingerprint density at radius 1 is 1.78 bits per heavy atom. The van der Waals surface area contributed by atoms with E-state index in [1.165, 1.54) is 6.92 Å². The van der Waals surface area contributed by atoms with Crippen LogP contribution in [0.15, 0.2) is 29.4 Å². The molecule has 2 heteroatoms. The maximum atomic E-state index is 10.6. The second-order valence-electron chi connectivity index (χ2n) is 1.87. The van der Waals surface area contributed by atoms with Gasteiger partial charge in [-0.3, -0.25) is 9.79 Å². The molecule has 0 fully saturated rings. The van der Waals surface area contributed by atoms with E-state index >= 15 is 0 Å². The van der Waals surface area contributed by atoms with Crippen LogP contribution in [0.1, 0.15) is 6.92 Å². The lowest BCUT2D eigenvalue weighted by molar-refractivity contribution is -0.111. The van der Waals surface area contributed by atoms with E-state index in [0.29, 0.717) is 11.3 Å². The molecule has 0 aromatic rings. The first-order chi connectivity index (χ1) is 4.22. The van der Waals surface area contributed by atoms with E-state index in [4.69, 9.17) is 0 Å². The fraction of sp³-hybridized carbons (Fsp3) is 0.143.